The fourth-order valence-electron chi connectivity index (χ4n) is 4.54. The molecule has 4 rings (SSSR count). The van der Waals surface area contributed by atoms with Crippen LogP contribution in [0.2, 0.25) is 0 Å². The molecule has 0 spiro atoms. The third-order valence-electron chi connectivity index (χ3n) is 6.26. The molecule has 0 saturated carbocycles. The van der Waals surface area contributed by atoms with Crippen molar-refractivity contribution < 1.29 is 23.6 Å². The molecule has 0 heterocycles. The molecule has 2 N–H and O–H groups in total. The summed E-state index contributed by atoms with van der Waals surface area (Å²) < 4.78 is 31.5. The van der Waals surface area contributed by atoms with Gasteiger partial charge in [0.15, 0.2) is 0 Å². The van der Waals surface area contributed by atoms with Crippen LogP contribution in [0.5, 0.6) is 0 Å². The third kappa shape index (κ3) is 5.90. The first kappa shape index (κ1) is 27.7. The minimum absolute atomic E-state index is 0.209. The van der Waals surface area contributed by atoms with Gasteiger partial charge in [0, 0.05) is 0 Å². The summed E-state index contributed by atoms with van der Waals surface area (Å²) in [7, 11) is 3.39. The number of nitrogens with two attached hydrogens (primary N) is 1. The van der Waals surface area contributed by atoms with Gasteiger partial charge in [0.1, 0.15) is 0 Å². The number of benzene rings is 4. The Kier molecular flexibility index (Phi) is 8.68. The second kappa shape index (κ2) is 11.6. The van der Waals surface area contributed by atoms with Gasteiger partial charge in [0.25, 0.3) is 0 Å². The molecule has 0 bridgehead atoms. The maximum atomic E-state index is 14.5. The van der Waals surface area contributed by atoms with Gasteiger partial charge in [0.05, 0.1) is 0 Å². The van der Waals surface area contributed by atoms with Crippen LogP contribution in [0.15, 0.2) is 102 Å². The first-order chi connectivity index (χ1) is 17.6. The Morgan fingerprint density at radius 3 is 1.73 bits per heavy atom. The Balaban J connectivity index is 2.00. The van der Waals surface area contributed by atoms with Crippen LogP contribution in [0, 0.1) is 27.7 Å². The molecule has 4 aromatic carbocycles. The molecule has 0 aromatic heterocycles. The number of nitrogens with zero attached hydrogens (tertiary/aromatic N) is 1. The van der Waals surface area contributed by atoms with Crippen molar-refractivity contribution in [2.45, 2.75) is 44.7 Å². The fraction of sp³-hybridized carbons (Fsp3) is 0.200. The molecule has 0 aliphatic rings. The summed E-state index contributed by atoms with van der Waals surface area (Å²) in [6.45, 7) is 7.98. The van der Waals surface area contributed by atoms with Crippen LogP contribution < -0.4 is 9.89 Å². The monoisotopic (exact) mass is 621 g/mol. The predicted octanol–water partition coefficient (Wildman–Crippen LogP) is 6.36. The molecule has 0 aliphatic carbocycles. The van der Waals surface area contributed by atoms with E-state index in [2.05, 4.69) is 12.1 Å². The molecule has 0 unspecified atom stereocenters. The van der Waals surface area contributed by atoms with Gasteiger partial charge < -0.3 is 0 Å². The van der Waals surface area contributed by atoms with Gasteiger partial charge in [0.2, 0.25) is 0 Å². The van der Waals surface area contributed by atoms with Crippen LogP contribution in [0.4, 0.5) is 0 Å². The van der Waals surface area contributed by atoms with E-state index >= 15 is 0 Å². The van der Waals surface area contributed by atoms with E-state index in [1.165, 1.54) is 0 Å². The zero-order valence-corrected chi connectivity index (χ0v) is 24.7. The Morgan fingerprint density at radius 2 is 1.22 bits per heavy atom. The van der Waals surface area contributed by atoms with Crippen molar-refractivity contribution in [1.82, 2.24) is 3.05 Å². The SMILES string of the molecule is Cc1ccc(S(=O)(=O)[N]([C@H](c2ccccc2)[C@H](N)c2ccccc2)[Ru]([Cl])[c]2c(C)cc(C)cc2C)cc1. The first-order valence-electron chi connectivity index (χ1n) is 12.0. The molecule has 4 nitrogen and oxygen atoms in total. The summed E-state index contributed by atoms with van der Waals surface area (Å²) >= 11 is -2.91. The average molecular weight is 621 g/mol. The van der Waals surface area contributed by atoms with Crippen LogP contribution in [-0.4, -0.2) is 11.5 Å². The number of rotatable bonds is 8. The number of sulfonamides is 1. The number of hydrogen-bond acceptors (Lipinski definition) is 3. The van der Waals surface area contributed by atoms with E-state index in [0.717, 1.165) is 37.5 Å². The quantitative estimate of drug-likeness (QED) is 0.233. The van der Waals surface area contributed by atoms with Crippen molar-refractivity contribution in [3.05, 3.63) is 130 Å². The summed E-state index contributed by atoms with van der Waals surface area (Å²) in [4.78, 5) is 0.209. The zero-order chi connectivity index (χ0) is 26.7. The molecule has 7 heteroatoms. The molecule has 2 atom stereocenters. The normalized spacial score (nSPS) is 13.9. The zero-order valence-electron chi connectivity index (χ0n) is 21.4. The van der Waals surface area contributed by atoms with E-state index in [1.807, 2.05) is 100 Å². The van der Waals surface area contributed by atoms with E-state index < -0.39 is 37.3 Å². The van der Waals surface area contributed by atoms with Crippen LogP contribution in [0.1, 0.15) is 45.5 Å². The van der Waals surface area contributed by atoms with Crippen molar-refractivity contribution in [3.63, 3.8) is 0 Å². The van der Waals surface area contributed by atoms with E-state index in [1.54, 1.807) is 15.2 Å². The summed E-state index contributed by atoms with van der Waals surface area (Å²) in [5.74, 6) is 0. The topological polar surface area (TPSA) is 63.4 Å². The van der Waals surface area contributed by atoms with Gasteiger partial charge in [-0.15, -0.1) is 0 Å². The van der Waals surface area contributed by atoms with Crippen molar-refractivity contribution in [3.8, 4) is 0 Å². The van der Waals surface area contributed by atoms with Gasteiger partial charge >= 0.3 is 231 Å². The maximum absolute atomic E-state index is 14.5. The van der Waals surface area contributed by atoms with Gasteiger partial charge in [-0.2, -0.15) is 0 Å². The standard InChI is InChI=1S/C21H21N2O2S.C9H11.ClH.Ru/c1-16-12-14-19(15-13-16)26(24,25)23-21(18-10-6-3-7-11-18)20(22)17-8-4-2-5-9-17;1-7-4-8(2)6-9(3)5-7;;/h2-15,20-21H,22H2,1H3;4-5H,1-3H3;1H;/q-1;;;+2/p-1/t20-,21-;;;/m1.../s1. The van der Waals surface area contributed by atoms with Crippen molar-refractivity contribution >= 4 is 23.9 Å². The van der Waals surface area contributed by atoms with Gasteiger partial charge in [-0.3, -0.25) is 0 Å². The molecular weight excluding hydrogens is 589 g/mol. The van der Waals surface area contributed by atoms with Crippen LogP contribution >= 0.6 is 9.69 Å². The molecule has 195 valence electrons. The molecule has 0 amide bonds. The van der Waals surface area contributed by atoms with Crippen LogP contribution in [-0.2, 0) is 25.2 Å². The van der Waals surface area contributed by atoms with Gasteiger partial charge in [-0.1, -0.05) is 0 Å². The molecule has 0 radical (unpaired) electrons. The van der Waals surface area contributed by atoms with Crippen LogP contribution in [0.3, 0.4) is 0 Å². The molecule has 0 aliphatic heterocycles. The molecule has 4 aromatic rings. The van der Waals surface area contributed by atoms with Gasteiger partial charge in [-0.25, -0.2) is 0 Å². The average Bonchev–Trinajstić information content (AvgIpc) is 2.87. The van der Waals surface area contributed by atoms with Crippen molar-refractivity contribution in [2.75, 3.05) is 0 Å². The Morgan fingerprint density at radius 1 is 0.730 bits per heavy atom. The predicted molar refractivity (Wildman–Crippen MR) is 149 cm³/mol. The Labute approximate surface area is 230 Å². The van der Waals surface area contributed by atoms with E-state index in [-0.39, 0.29) is 4.90 Å². The summed E-state index contributed by atoms with van der Waals surface area (Å²) in [5, 5.41) is 0. The summed E-state index contributed by atoms with van der Waals surface area (Å²) in [6.07, 6.45) is 0. The third-order valence-corrected chi connectivity index (χ3v) is 15.0. The van der Waals surface area contributed by atoms with Crippen LogP contribution in [0.25, 0.3) is 0 Å². The molecule has 0 fully saturated rings. The first-order valence-corrected chi connectivity index (χ1v) is 17.3. The van der Waals surface area contributed by atoms with E-state index in [4.69, 9.17) is 15.4 Å². The fourth-order valence-corrected chi connectivity index (χ4v) is 13.5. The second-order valence-electron chi connectivity index (χ2n) is 9.25. The number of halogens is 1. The van der Waals surface area contributed by atoms with Gasteiger partial charge in [-0.05, 0) is 0 Å². The summed E-state index contributed by atoms with van der Waals surface area (Å²) in [5.41, 5.74) is 12.7. The molecular formula is C30H32ClN2O2RuS. The Bertz CT molecular complexity index is 1440. The van der Waals surface area contributed by atoms with Crippen molar-refractivity contribution in [1.29, 1.82) is 0 Å². The molecule has 37 heavy (non-hydrogen) atoms. The second-order valence-corrected chi connectivity index (χ2v) is 15.8. The summed E-state index contributed by atoms with van der Waals surface area (Å²) in [6, 6.07) is 28.9. The van der Waals surface area contributed by atoms with E-state index in [9.17, 15) is 8.42 Å². The Hall–Kier alpha value is -2.34. The van der Waals surface area contributed by atoms with E-state index in [0.29, 0.717) is 0 Å². The number of aryl methyl sites for hydroxylation is 4. The van der Waals surface area contributed by atoms with Crippen molar-refractivity contribution in [2.24, 2.45) is 5.73 Å². The minimum atomic E-state index is -4.02. The number of hydrogen-bond donors (Lipinski definition) is 1. The molecule has 0 saturated heterocycles.